The van der Waals surface area contributed by atoms with E-state index in [0.29, 0.717) is 39.3 Å². The molecule has 4 heterocycles. The van der Waals surface area contributed by atoms with Crippen molar-refractivity contribution in [2.45, 2.75) is 228 Å². The highest BCUT2D eigenvalue weighted by Crippen LogP contribution is 2.28. The number of aliphatic hydroxyl groups excluding tert-OH is 3. The molecule has 1 aromatic carbocycles. The monoisotopic (exact) mass is 1910 g/mol. The second-order valence-corrected chi connectivity index (χ2v) is 35.5. The van der Waals surface area contributed by atoms with Gasteiger partial charge in [0.15, 0.2) is 0 Å². The van der Waals surface area contributed by atoms with E-state index in [1.807, 2.05) is 0 Å². The van der Waals surface area contributed by atoms with E-state index >= 15 is 14.4 Å². The van der Waals surface area contributed by atoms with Crippen LogP contribution >= 0.6 is 33.3 Å². The highest BCUT2D eigenvalue weighted by atomic mass is 33.1. The molecule has 0 spiro atoms. The number of nitrogens with zero attached hydrogens (tertiary/aromatic N) is 3. The van der Waals surface area contributed by atoms with Gasteiger partial charge in [-0.25, -0.2) is 0 Å². The molecule has 0 saturated carbocycles. The lowest BCUT2D eigenvalue weighted by atomic mass is 10.0. The van der Waals surface area contributed by atoms with Gasteiger partial charge in [-0.1, -0.05) is 79.6 Å². The Balaban J connectivity index is 0.00000878. The number of nitrogens with two attached hydrogens (primary N) is 4. The minimum absolute atomic E-state index is 0.0199. The fourth-order valence-corrected chi connectivity index (χ4v) is 16.8. The number of amides is 19. The molecule has 4 aliphatic rings. The Kier molecular flexibility index (Phi) is 48.5. The van der Waals surface area contributed by atoms with Gasteiger partial charge in [0.1, 0.15) is 96.7 Å². The van der Waals surface area contributed by atoms with Gasteiger partial charge < -0.3 is 143 Å². The van der Waals surface area contributed by atoms with E-state index in [4.69, 9.17) is 32.8 Å². The van der Waals surface area contributed by atoms with E-state index in [9.17, 15) is 112 Å². The van der Waals surface area contributed by atoms with Gasteiger partial charge in [-0.15, -0.1) is 0 Å². The summed E-state index contributed by atoms with van der Waals surface area (Å²) in [6.45, 7) is 2.62. The highest BCUT2D eigenvalue weighted by molar-refractivity contribution is 8.76. The number of carbonyl (C=O) groups is 22. The third-order valence-corrected chi connectivity index (χ3v) is 23.8. The molecule has 28 N–H and O–H groups in total. The highest BCUT2D eigenvalue weighted by Gasteiger charge is 2.45. The maximum absolute atomic E-state index is 15.3. The fraction of sp³-hybridized carbons (Fsp3) is 0.646. The Morgan fingerprint density at radius 3 is 1.65 bits per heavy atom. The van der Waals surface area contributed by atoms with Crippen LogP contribution in [0.3, 0.4) is 0 Å². The number of carboxylic acid groups (broad SMARTS) is 3. The fourth-order valence-electron chi connectivity index (χ4n) is 14.0. The molecule has 0 bridgehead atoms. The van der Waals surface area contributed by atoms with Gasteiger partial charge in [0.2, 0.25) is 112 Å². The molecule has 0 aromatic heterocycles. The average molecular weight is 1910 g/mol. The van der Waals surface area contributed by atoms with Crippen molar-refractivity contribution in [1.29, 1.82) is 0 Å². The maximum Gasteiger partial charge on any atom is 0.305 e. The molecule has 0 radical (unpaired) electrons. The van der Waals surface area contributed by atoms with Crippen LogP contribution in [0.25, 0.3) is 0 Å². The summed E-state index contributed by atoms with van der Waals surface area (Å²) in [7, 11) is 1.40. The van der Waals surface area contributed by atoms with Crippen molar-refractivity contribution >= 4 is 163 Å². The van der Waals surface area contributed by atoms with Crippen LogP contribution in [0.15, 0.2) is 30.3 Å². The molecule has 52 heteroatoms. The molecule has 49 nitrogen and oxygen atoms in total. The molecule has 4 fully saturated rings. The number of carbonyl (C=O) groups excluding carboxylic acids is 19. The summed E-state index contributed by atoms with van der Waals surface area (Å²) < 4.78 is 0. The summed E-state index contributed by atoms with van der Waals surface area (Å²) in [5.41, 5.74) is 22.9. The van der Waals surface area contributed by atoms with Gasteiger partial charge in [0.25, 0.3) is 5.97 Å². The number of aliphatic hydroxyl groups is 3. The van der Waals surface area contributed by atoms with Crippen LogP contribution in [-0.4, -0.2) is 355 Å². The molecule has 4 saturated heterocycles. The van der Waals surface area contributed by atoms with E-state index in [0.717, 1.165) is 21.6 Å². The molecular formula is C79H123N21O28S3. The number of hydrogen-bond donors (Lipinski definition) is 24. The van der Waals surface area contributed by atoms with E-state index in [1.165, 1.54) is 11.8 Å². The summed E-state index contributed by atoms with van der Waals surface area (Å²) >= 11 is 1.41. The number of benzene rings is 1. The lowest BCUT2D eigenvalue weighted by molar-refractivity contribution is -0.144. The van der Waals surface area contributed by atoms with Crippen molar-refractivity contribution < 1.29 is 136 Å². The third kappa shape index (κ3) is 37.7. The first kappa shape index (κ1) is 112. The predicted octanol–water partition coefficient (Wildman–Crippen LogP) is -10.1. The smallest absolute Gasteiger partial charge is 0.305 e. The lowest BCUT2D eigenvalue weighted by Crippen LogP contribution is -2.61. The number of rotatable bonds is 43. The van der Waals surface area contributed by atoms with Gasteiger partial charge in [-0.2, -0.15) is 11.8 Å². The lowest BCUT2D eigenvalue weighted by Gasteiger charge is -2.31. The number of aliphatic carboxylic acids is 3. The molecule has 1 aromatic rings. The van der Waals surface area contributed by atoms with Crippen molar-refractivity contribution in [2.24, 2.45) is 34.8 Å². The van der Waals surface area contributed by atoms with Crippen LogP contribution in [0.5, 0.6) is 0 Å². The zero-order chi connectivity index (χ0) is 98.1. The number of primary amides is 2. The van der Waals surface area contributed by atoms with E-state index in [2.05, 4.69) is 74.4 Å². The normalized spacial score (nSPS) is 20.8. The van der Waals surface area contributed by atoms with Gasteiger partial charge in [0, 0.05) is 44.5 Å². The first-order valence-electron chi connectivity index (χ1n) is 42.3. The van der Waals surface area contributed by atoms with Crippen LogP contribution in [0, 0.1) is 11.8 Å². The minimum atomic E-state index is -2.06. The molecule has 730 valence electrons. The molecule has 131 heavy (non-hydrogen) atoms. The Morgan fingerprint density at radius 1 is 0.565 bits per heavy atom. The van der Waals surface area contributed by atoms with E-state index in [1.54, 1.807) is 64.3 Å². The average Bonchev–Trinajstić information content (AvgIpc) is 1.64. The third-order valence-electron chi connectivity index (χ3n) is 20.8. The van der Waals surface area contributed by atoms with Gasteiger partial charge in [0.05, 0.1) is 52.2 Å². The second-order valence-electron chi connectivity index (χ2n) is 31.9. The zero-order valence-corrected chi connectivity index (χ0v) is 75.9. The minimum Gasteiger partial charge on any atom is -0.481 e. The number of fused-ring (bicyclic) bond motifs is 2. The van der Waals surface area contributed by atoms with Crippen LogP contribution in [0.2, 0.25) is 0 Å². The summed E-state index contributed by atoms with van der Waals surface area (Å²) in [4.78, 5) is 303. The van der Waals surface area contributed by atoms with Crippen LogP contribution in [-0.2, 0) is 112 Å². The molecule has 16 unspecified atom stereocenters. The molecule has 5 rings (SSSR count). The van der Waals surface area contributed by atoms with Crippen molar-refractivity contribution in [3.8, 4) is 0 Å². The first-order valence-corrected chi connectivity index (χ1v) is 46.1. The van der Waals surface area contributed by atoms with Crippen molar-refractivity contribution in [2.75, 3.05) is 82.6 Å². The molecule has 0 aliphatic carbocycles. The Bertz CT molecular complexity index is 4200. The summed E-state index contributed by atoms with van der Waals surface area (Å²) in [5, 5.41) is 91.6. The Labute approximate surface area is 765 Å². The SMILES string of the molecule is CC(=O)O.CSCCC(NC(=O)C(CC(C)C)NC(=O)CNC(=O)C(NC(=O)C(Cc1ccccc1)NC(=O)C1CSSCC(NC(=O)C(CCCCN)NC(=O)C(CO)NC(=O)C(CC(N)=O)NC(=O)C(CO)NC(=O)C2CCCN2C(=O)C(N)CO)C(=O)N2CCCC2C(=O)NC(CC(=O)O)C(=O)NCC(=O)N2CCCC2C(=O)NC(CC(=O)O)C(=O)N1)C(C)C)C(N)=O. The first-order chi connectivity index (χ1) is 61.9. The van der Waals surface area contributed by atoms with Crippen LogP contribution in [0.4, 0.5) is 0 Å². The topological polar surface area (TPSA) is 779 Å². The van der Waals surface area contributed by atoms with Crippen LogP contribution in [0.1, 0.15) is 130 Å². The number of carboxylic acids is 3. The van der Waals surface area contributed by atoms with Crippen molar-refractivity contribution in [1.82, 2.24) is 89.1 Å². The molecular weight excluding hydrogens is 1790 g/mol. The van der Waals surface area contributed by atoms with Crippen molar-refractivity contribution in [3.05, 3.63) is 35.9 Å². The number of hydrogen-bond acceptors (Lipinski definition) is 30. The van der Waals surface area contributed by atoms with Gasteiger partial charge >= 0.3 is 11.9 Å². The summed E-state index contributed by atoms with van der Waals surface area (Å²) in [6, 6.07) is -18.4. The van der Waals surface area contributed by atoms with E-state index < -0.39 is 296 Å². The maximum atomic E-state index is 15.3. The number of thioether (sulfide) groups is 1. The second kappa shape index (κ2) is 56.9. The largest absolute Gasteiger partial charge is 0.481 e. The quantitative estimate of drug-likeness (QED) is 0.0213. The van der Waals surface area contributed by atoms with Gasteiger partial charge in [-0.05, 0) is 107 Å². The van der Waals surface area contributed by atoms with E-state index in [-0.39, 0.29) is 103 Å². The standard InChI is InChI=1S/C77H119N21O26S3.C2H4O2/c1-38(2)26-44(65(112)85-42(62(81)109)20-25-125-5)84-57(103)31-82-75(122)61(39(3)4)95-68(115)45(27-40-14-7-6-8-15-40)87-71(118)51-36-126-127-37-52(77(124)98-24-13-19-55(98)73(120)89-47(29-59(105)106)63(110)83-32-58(104)96-22-11-17-53(96)72(119)90-48(30-60(107)108)67(114)93-51)94-64(111)43(16-9-10-21-78)86-69(116)49(34-100)91-66(113)46(28-56(80)102)88-70(117)50(35-101)92-74(121)54-18-12-23-97(54)76(123)41(79)33-99;1-2(3)4/h6-8,14-15,38-39,41-55,61,99-101H,9-13,16-37,78-79H2,1-5H3,(H2,80,102)(H2,81,109)(H,82,122)(H,83,110)(H,84,103)(H,85,112)(H,86,116)(H,87,118)(H,88,117)(H,89,120)(H,90,119)(H,91,113)(H,92,121)(H,93,114)(H,94,111)(H,95,115)(H,105,106)(H,107,108);1H3,(H,3,4). The molecule has 19 amide bonds. The zero-order valence-electron chi connectivity index (χ0n) is 73.4. The number of likely N-dealkylation sites (tertiary alicyclic amines) is 1. The van der Waals surface area contributed by atoms with Crippen molar-refractivity contribution in [3.63, 3.8) is 0 Å². The summed E-state index contributed by atoms with van der Waals surface area (Å²) in [6.07, 6.45) is -1.20. The number of nitrogens with one attached hydrogen (secondary N) is 14. The van der Waals surface area contributed by atoms with Gasteiger partial charge in [-0.3, -0.25) is 105 Å². The predicted molar refractivity (Wildman–Crippen MR) is 469 cm³/mol. The number of unbranched alkanes of at least 4 members (excludes halogenated alkanes) is 1. The Morgan fingerprint density at radius 2 is 1.09 bits per heavy atom. The Hall–Kier alpha value is -11.6. The molecule has 4 aliphatic heterocycles. The van der Waals surface area contributed by atoms with Crippen LogP contribution < -0.4 is 97.4 Å². The molecule has 16 atom stereocenters. The summed E-state index contributed by atoms with van der Waals surface area (Å²) in [5.74, 6) is -26.1.